The van der Waals surface area contributed by atoms with E-state index < -0.39 is 0 Å². The van der Waals surface area contributed by atoms with Gasteiger partial charge < -0.3 is 4.74 Å². The van der Waals surface area contributed by atoms with Crippen molar-refractivity contribution in [2.24, 2.45) is 0 Å². The van der Waals surface area contributed by atoms with E-state index in [1.165, 1.54) is 0 Å². The van der Waals surface area contributed by atoms with E-state index in [4.69, 9.17) is 14.5 Å². The second-order valence-electron chi connectivity index (χ2n) is 2.11. The van der Waals surface area contributed by atoms with Crippen molar-refractivity contribution in [2.75, 3.05) is 0 Å². The normalized spacial score (nSPS) is 35.3. The van der Waals surface area contributed by atoms with Gasteiger partial charge in [0, 0.05) is 6.42 Å². The molecule has 2 atom stereocenters. The summed E-state index contributed by atoms with van der Waals surface area (Å²) < 4.78 is 5.16. The Morgan fingerprint density at radius 1 is 1.33 bits per heavy atom. The van der Waals surface area contributed by atoms with E-state index in [1.807, 2.05) is 6.92 Å². The number of hydrogen-bond donors (Lipinski definition) is 0. The van der Waals surface area contributed by atoms with Gasteiger partial charge in [-0.25, -0.2) is 9.78 Å². The molecule has 3 nitrogen and oxygen atoms in total. The number of hydrogen-bond acceptors (Lipinski definition) is 3. The Morgan fingerprint density at radius 3 is 2.56 bits per heavy atom. The monoisotopic (exact) mass is 132 g/mol. The summed E-state index contributed by atoms with van der Waals surface area (Å²) in [7, 11) is 0. The smallest absolute Gasteiger partial charge is 0.194 e. The van der Waals surface area contributed by atoms with Gasteiger partial charge in [-0.2, -0.15) is 0 Å². The summed E-state index contributed by atoms with van der Waals surface area (Å²) in [4.78, 5) is 9.48. The van der Waals surface area contributed by atoms with E-state index in [9.17, 15) is 0 Å². The van der Waals surface area contributed by atoms with Gasteiger partial charge in [0.05, 0.1) is 0 Å². The van der Waals surface area contributed by atoms with Crippen LogP contribution in [-0.4, -0.2) is 12.6 Å². The van der Waals surface area contributed by atoms with Gasteiger partial charge in [0.2, 0.25) is 0 Å². The van der Waals surface area contributed by atoms with Gasteiger partial charge in [0.1, 0.15) is 0 Å². The van der Waals surface area contributed by atoms with Gasteiger partial charge >= 0.3 is 0 Å². The van der Waals surface area contributed by atoms with E-state index in [0.29, 0.717) is 0 Å². The van der Waals surface area contributed by atoms with Crippen LogP contribution in [0.2, 0.25) is 0 Å². The Labute approximate surface area is 54.8 Å². The summed E-state index contributed by atoms with van der Waals surface area (Å²) >= 11 is 0. The lowest BCUT2D eigenvalue weighted by Gasteiger charge is -2.01. The van der Waals surface area contributed by atoms with E-state index in [1.54, 1.807) is 0 Å². The highest BCUT2D eigenvalue weighted by atomic mass is 17.3. The lowest BCUT2D eigenvalue weighted by molar-refractivity contribution is -0.294. The number of ether oxygens (including phenoxy) is 1. The molecule has 0 saturated carbocycles. The van der Waals surface area contributed by atoms with Gasteiger partial charge in [0.25, 0.3) is 0 Å². The van der Waals surface area contributed by atoms with Gasteiger partial charge in [-0.15, -0.1) is 0 Å². The second-order valence-corrected chi connectivity index (χ2v) is 2.11. The molecular formula is C6H12O3. The molecular weight excluding hydrogens is 120 g/mol. The van der Waals surface area contributed by atoms with Crippen LogP contribution in [0.3, 0.4) is 0 Å². The first kappa shape index (κ1) is 6.99. The first-order valence-corrected chi connectivity index (χ1v) is 3.30. The Morgan fingerprint density at radius 2 is 2.11 bits per heavy atom. The molecule has 0 amide bonds. The Hall–Kier alpha value is -0.120. The first-order chi connectivity index (χ1) is 4.33. The fraction of sp³-hybridized carbons (Fsp3) is 1.00. The molecule has 0 aromatic rings. The van der Waals surface area contributed by atoms with Crippen molar-refractivity contribution in [2.45, 2.75) is 39.3 Å². The zero-order valence-corrected chi connectivity index (χ0v) is 5.79. The fourth-order valence-corrected chi connectivity index (χ4v) is 0.751. The molecule has 1 aliphatic rings. The highest BCUT2D eigenvalue weighted by Crippen LogP contribution is 2.15. The maximum atomic E-state index is 5.16. The molecule has 0 aromatic carbocycles. The molecule has 1 rings (SSSR count). The van der Waals surface area contributed by atoms with Crippen molar-refractivity contribution < 1.29 is 14.5 Å². The topological polar surface area (TPSA) is 27.7 Å². The molecule has 54 valence electrons. The maximum absolute atomic E-state index is 5.16. The Kier molecular flexibility index (Phi) is 2.45. The van der Waals surface area contributed by atoms with Crippen molar-refractivity contribution >= 4 is 0 Å². The van der Waals surface area contributed by atoms with Gasteiger partial charge in [-0.1, -0.05) is 13.3 Å². The summed E-state index contributed by atoms with van der Waals surface area (Å²) in [6.45, 7) is 3.89. The minimum Gasteiger partial charge on any atom is -0.318 e. The maximum Gasteiger partial charge on any atom is 0.194 e. The van der Waals surface area contributed by atoms with Crippen LogP contribution in [0.5, 0.6) is 0 Å². The minimum absolute atomic E-state index is 0.134. The van der Waals surface area contributed by atoms with Crippen molar-refractivity contribution in [3.8, 4) is 0 Å². The SMILES string of the molecule is CCCC1OOC(C)O1. The lowest BCUT2D eigenvalue weighted by atomic mass is 10.3. The second kappa shape index (κ2) is 3.15. The van der Waals surface area contributed by atoms with Gasteiger partial charge in [-0.3, -0.25) is 0 Å². The summed E-state index contributed by atoms with van der Waals surface area (Å²) in [5.74, 6) is 0. The third-order valence-electron chi connectivity index (χ3n) is 1.17. The van der Waals surface area contributed by atoms with Crippen molar-refractivity contribution in [3.63, 3.8) is 0 Å². The quantitative estimate of drug-likeness (QED) is 0.532. The molecule has 2 unspecified atom stereocenters. The molecule has 0 N–H and O–H groups in total. The van der Waals surface area contributed by atoms with E-state index in [2.05, 4.69) is 6.92 Å². The van der Waals surface area contributed by atoms with Crippen molar-refractivity contribution in [3.05, 3.63) is 0 Å². The van der Waals surface area contributed by atoms with Crippen LogP contribution < -0.4 is 0 Å². The molecule has 1 fully saturated rings. The molecule has 0 bridgehead atoms. The molecule has 0 aliphatic carbocycles. The average Bonchev–Trinajstić information content (AvgIpc) is 2.17. The molecule has 0 aromatic heterocycles. The summed E-state index contributed by atoms with van der Waals surface area (Å²) in [5.41, 5.74) is 0. The van der Waals surface area contributed by atoms with Crippen LogP contribution in [0.4, 0.5) is 0 Å². The number of rotatable bonds is 2. The molecule has 0 radical (unpaired) electrons. The third kappa shape index (κ3) is 1.93. The summed E-state index contributed by atoms with van der Waals surface area (Å²) in [6.07, 6.45) is 1.64. The summed E-state index contributed by atoms with van der Waals surface area (Å²) in [6, 6.07) is 0. The standard InChI is InChI=1S/C6H12O3/c1-3-4-6-7-5(2)8-9-6/h5-6H,3-4H2,1-2H3. The predicted molar refractivity (Wildman–Crippen MR) is 31.4 cm³/mol. The van der Waals surface area contributed by atoms with Crippen LogP contribution in [0.15, 0.2) is 0 Å². The van der Waals surface area contributed by atoms with Crippen LogP contribution in [0.25, 0.3) is 0 Å². The third-order valence-corrected chi connectivity index (χ3v) is 1.17. The lowest BCUT2D eigenvalue weighted by Crippen LogP contribution is -2.08. The zero-order chi connectivity index (χ0) is 6.69. The minimum atomic E-state index is -0.193. The summed E-state index contributed by atoms with van der Waals surface area (Å²) in [5, 5.41) is 0. The largest absolute Gasteiger partial charge is 0.318 e. The molecule has 9 heavy (non-hydrogen) atoms. The molecule has 1 aliphatic heterocycles. The molecule has 0 spiro atoms. The van der Waals surface area contributed by atoms with Gasteiger partial charge in [0.15, 0.2) is 12.6 Å². The molecule has 3 heteroatoms. The molecule has 1 heterocycles. The predicted octanol–water partition coefficient (Wildman–Crippen LogP) is 1.44. The zero-order valence-electron chi connectivity index (χ0n) is 5.79. The van der Waals surface area contributed by atoms with Crippen LogP contribution >= 0.6 is 0 Å². The van der Waals surface area contributed by atoms with Crippen LogP contribution in [0.1, 0.15) is 26.7 Å². The van der Waals surface area contributed by atoms with Crippen molar-refractivity contribution in [1.82, 2.24) is 0 Å². The van der Waals surface area contributed by atoms with E-state index in [-0.39, 0.29) is 12.6 Å². The van der Waals surface area contributed by atoms with Crippen LogP contribution in [-0.2, 0) is 14.5 Å². The van der Waals surface area contributed by atoms with E-state index >= 15 is 0 Å². The highest BCUT2D eigenvalue weighted by Gasteiger charge is 2.22. The van der Waals surface area contributed by atoms with E-state index in [0.717, 1.165) is 12.8 Å². The van der Waals surface area contributed by atoms with Crippen molar-refractivity contribution in [1.29, 1.82) is 0 Å². The molecule has 1 saturated heterocycles. The highest BCUT2D eigenvalue weighted by molar-refractivity contribution is 4.45. The van der Waals surface area contributed by atoms with Crippen LogP contribution in [0, 0.1) is 0 Å². The average molecular weight is 132 g/mol. The fourth-order valence-electron chi connectivity index (χ4n) is 0.751. The first-order valence-electron chi connectivity index (χ1n) is 3.30. The Balaban J connectivity index is 2.14. The van der Waals surface area contributed by atoms with Gasteiger partial charge in [-0.05, 0) is 6.92 Å². The Bertz CT molecular complexity index is 82.4.